The number of alkyl halides is 1. The monoisotopic (exact) mass is 260 g/mol. The molecule has 0 aliphatic heterocycles. The Kier molecular flexibility index (Phi) is 3.89. The van der Waals surface area contributed by atoms with Gasteiger partial charge >= 0.3 is 0 Å². The van der Waals surface area contributed by atoms with E-state index in [9.17, 15) is 0 Å². The highest BCUT2D eigenvalue weighted by Gasteiger charge is 2.31. The Bertz CT molecular complexity index is 177. The lowest BCUT2D eigenvalue weighted by Gasteiger charge is -2.37. The molecule has 2 saturated carbocycles. The Labute approximate surface area is 95.7 Å². The normalized spacial score (nSPS) is 43.3. The highest BCUT2D eigenvalue weighted by molar-refractivity contribution is 9.09. The maximum atomic E-state index is 6.10. The molecule has 2 fully saturated rings. The fraction of sp³-hybridized carbons (Fsp3) is 1.00. The van der Waals surface area contributed by atoms with Crippen LogP contribution < -0.4 is 0 Å². The number of hydrogen-bond acceptors (Lipinski definition) is 1. The van der Waals surface area contributed by atoms with Gasteiger partial charge in [0.05, 0.1) is 12.2 Å². The predicted molar refractivity (Wildman–Crippen MR) is 62.9 cm³/mol. The first-order valence-corrected chi connectivity index (χ1v) is 6.99. The van der Waals surface area contributed by atoms with Gasteiger partial charge in [0.25, 0.3) is 0 Å². The molecule has 82 valence electrons. The summed E-state index contributed by atoms with van der Waals surface area (Å²) in [5, 5.41) is 0. The largest absolute Gasteiger partial charge is 0.375 e. The van der Waals surface area contributed by atoms with Crippen LogP contribution in [0.3, 0.4) is 0 Å². The van der Waals surface area contributed by atoms with E-state index in [0.29, 0.717) is 12.2 Å². The van der Waals surface area contributed by atoms with E-state index in [4.69, 9.17) is 4.74 Å². The Morgan fingerprint density at radius 1 is 1.14 bits per heavy atom. The van der Waals surface area contributed by atoms with Gasteiger partial charge in [-0.05, 0) is 31.6 Å². The van der Waals surface area contributed by atoms with Crippen LogP contribution in [0, 0.1) is 5.92 Å². The molecular formula is C12H21BrO. The minimum absolute atomic E-state index is 0.569. The minimum atomic E-state index is 0.569. The van der Waals surface area contributed by atoms with Crippen molar-refractivity contribution in [3.05, 3.63) is 0 Å². The van der Waals surface area contributed by atoms with Crippen molar-refractivity contribution in [3.8, 4) is 0 Å². The molecule has 0 N–H and O–H groups in total. The summed E-state index contributed by atoms with van der Waals surface area (Å²) in [7, 11) is 0. The van der Waals surface area contributed by atoms with Crippen molar-refractivity contribution in [1.82, 2.24) is 0 Å². The third-order valence-electron chi connectivity index (χ3n) is 3.73. The van der Waals surface area contributed by atoms with Crippen LogP contribution in [0.4, 0.5) is 0 Å². The lowest BCUT2D eigenvalue weighted by atomic mass is 9.85. The van der Waals surface area contributed by atoms with Gasteiger partial charge in [0.1, 0.15) is 0 Å². The number of ether oxygens (including phenoxy) is 1. The summed E-state index contributed by atoms with van der Waals surface area (Å²) < 4.78 is 6.10. The maximum absolute atomic E-state index is 6.10. The third-order valence-corrected chi connectivity index (χ3v) is 4.48. The van der Waals surface area contributed by atoms with Gasteiger partial charge in [-0.15, -0.1) is 0 Å². The lowest BCUT2D eigenvalue weighted by molar-refractivity contribution is -0.0696. The Balaban J connectivity index is 1.69. The van der Waals surface area contributed by atoms with Crippen LogP contribution in [-0.4, -0.2) is 17.0 Å². The molecule has 1 nitrogen and oxygen atoms in total. The van der Waals surface area contributed by atoms with Crippen LogP contribution in [-0.2, 0) is 4.74 Å². The standard InChI is InChI=1S/C12H21BrO/c1-2-9-4-3-5-11(6-9)14-12-7-10(13)8-12/h9-12H,2-8H2,1H3. The lowest BCUT2D eigenvalue weighted by Crippen LogP contribution is -2.36. The van der Waals surface area contributed by atoms with Gasteiger partial charge in [0, 0.05) is 4.83 Å². The van der Waals surface area contributed by atoms with E-state index >= 15 is 0 Å². The summed E-state index contributed by atoms with van der Waals surface area (Å²) in [4.78, 5) is 0.734. The summed E-state index contributed by atoms with van der Waals surface area (Å²) in [6.07, 6.45) is 10.4. The van der Waals surface area contributed by atoms with Gasteiger partial charge in [-0.2, -0.15) is 0 Å². The molecule has 0 radical (unpaired) electrons. The Morgan fingerprint density at radius 2 is 1.93 bits per heavy atom. The average molecular weight is 261 g/mol. The van der Waals surface area contributed by atoms with E-state index in [1.54, 1.807) is 0 Å². The molecule has 0 heterocycles. The SMILES string of the molecule is CCC1CCCC(OC2CC(Br)C2)C1. The Hall–Kier alpha value is 0.440. The molecule has 2 heteroatoms. The molecule has 0 aromatic carbocycles. The number of rotatable bonds is 3. The second-order valence-corrected chi connectivity index (χ2v) is 6.18. The fourth-order valence-corrected chi connectivity index (χ4v) is 3.45. The molecule has 0 spiro atoms. The first-order valence-electron chi connectivity index (χ1n) is 6.07. The van der Waals surface area contributed by atoms with E-state index in [2.05, 4.69) is 22.9 Å². The second kappa shape index (κ2) is 4.98. The number of hydrogen-bond donors (Lipinski definition) is 0. The minimum Gasteiger partial charge on any atom is -0.375 e. The molecule has 0 amide bonds. The molecule has 0 bridgehead atoms. The van der Waals surface area contributed by atoms with Crippen molar-refractivity contribution in [1.29, 1.82) is 0 Å². The molecular weight excluding hydrogens is 240 g/mol. The molecule has 2 aliphatic carbocycles. The van der Waals surface area contributed by atoms with Crippen molar-refractivity contribution in [3.63, 3.8) is 0 Å². The van der Waals surface area contributed by atoms with Crippen LogP contribution in [0.2, 0.25) is 0 Å². The molecule has 0 aromatic heterocycles. The Morgan fingerprint density at radius 3 is 2.57 bits per heavy atom. The molecule has 0 aromatic rings. The highest BCUT2D eigenvalue weighted by Crippen LogP contribution is 2.35. The van der Waals surface area contributed by atoms with Crippen molar-refractivity contribution >= 4 is 15.9 Å². The quantitative estimate of drug-likeness (QED) is 0.700. The van der Waals surface area contributed by atoms with Crippen molar-refractivity contribution in [2.24, 2.45) is 5.92 Å². The smallest absolute Gasteiger partial charge is 0.0600 e. The second-order valence-electron chi connectivity index (χ2n) is 4.89. The summed E-state index contributed by atoms with van der Waals surface area (Å²) in [5.41, 5.74) is 0. The predicted octanol–water partition coefficient (Wildman–Crippen LogP) is 3.90. The molecule has 0 saturated heterocycles. The van der Waals surface area contributed by atoms with E-state index in [0.717, 1.165) is 10.7 Å². The average Bonchev–Trinajstić information content (AvgIpc) is 2.16. The van der Waals surface area contributed by atoms with E-state index in [-0.39, 0.29) is 0 Å². The van der Waals surface area contributed by atoms with Crippen LogP contribution in [0.15, 0.2) is 0 Å². The van der Waals surface area contributed by atoms with Crippen molar-refractivity contribution in [2.45, 2.75) is 68.9 Å². The summed E-state index contributed by atoms with van der Waals surface area (Å²) in [6, 6.07) is 0. The molecule has 14 heavy (non-hydrogen) atoms. The van der Waals surface area contributed by atoms with E-state index in [1.165, 1.54) is 44.9 Å². The van der Waals surface area contributed by atoms with Crippen LogP contribution in [0.25, 0.3) is 0 Å². The zero-order chi connectivity index (χ0) is 9.97. The zero-order valence-electron chi connectivity index (χ0n) is 9.05. The van der Waals surface area contributed by atoms with Gasteiger partial charge in [-0.1, -0.05) is 42.1 Å². The first-order chi connectivity index (χ1) is 6.78. The van der Waals surface area contributed by atoms with Crippen LogP contribution in [0.5, 0.6) is 0 Å². The fourth-order valence-electron chi connectivity index (χ4n) is 2.62. The van der Waals surface area contributed by atoms with Crippen molar-refractivity contribution < 1.29 is 4.74 Å². The number of halogens is 1. The molecule has 2 rings (SSSR count). The van der Waals surface area contributed by atoms with Gasteiger partial charge in [0.15, 0.2) is 0 Å². The van der Waals surface area contributed by atoms with E-state index in [1.807, 2.05) is 0 Å². The topological polar surface area (TPSA) is 9.23 Å². The maximum Gasteiger partial charge on any atom is 0.0600 e. The highest BCUT2D eigenvalue weighted by atomic mass is 79.9. The van der Waals surface area contributed by atoms with Crippen LogP contribution >= 0.6 is 15.9 Å². The van der Waals surface area contributed by atoms with E-state index < -0.39 is 0 Å². The molecule has 2 unspecified atom stereocenters. The zero-order valence-corrected chi connectivity index (χ0v) is 10.6. The van der Waals surface area contributed by atoms with Gasteiger partial charge in [-0.3, -0.25) is 0 Å². The summed E-state index contributed by atoms with van der Waals surface area (Å²) >= 11 is 3.61. The first kappa shape index (κ1) is 10.9. The van der Waals surface area contributed by atoms with Crippen molar-refractivity contribution in [2.75, 3.05) is 0 Å². The van der Waals surface area contributed by atoms with Gasteiger partial charge < -0.3 is 4.74 Å². The van der Waals surface area contributed by atoms with Gasteiger partial charge in [0.2, 0.25) is 0 Å². The third kappa shape index (κ3) is 2.73. The van der Waals surface area contributed by atoms with Gasteiger partial charge in [-0.25, -0.2) is 0 Å². The van der Waals surface area contributed by atoms with Crippen LogP contribution in [0.1, 0.15) is 51.9 Å². The summed E-state index contributed by atoms with van der Waals surface area (Å²) in [5.74, 6) is 0.939. The molecule has 2 atom stereocenters. The summed E-state index contributed by atoms with van der Waals surface area (Å²) in [6.45, 7) is 2.31. The molecule has 2 aliphatic rings.